The highest BCUT2D eigenvalue weighted by Crippen LogP contribution is 2.32. The minimum atomic E-state index is -4.36. The zero-order valence-corrected chi connectivity index (χ0v) is 20.1. The lowest BCUT2D eigenvalue weighted by molar-refractivity contribution is -0.131. The molecule has 0 fully saturated rings. The second-order valence-corrected chi connectivity index (χ2v) is 8.49. The SMILES string of the molecule is CCCC(=O)c1ccc(-c2cnc3c(NCCC(F)(F)F)cc(Oc4ccc(O)cc4F)nn23)cc1C. The van der Waals surface area contributed by atoms with Crippen molar-refractivity contribution in [2.45, 2.75) is 39.3 Å². The molecule has 194 valence electrons. The van der Waals surface area contributed by atoms with E-state index >= 15 is 0 Å². The fourth-order valence-electron chi connectivity index (χ4n) is 3.84. The molecule has 0 spiro atoms. The Bertz CT molecular complexity index is 1450. The Kier molecular flexibility index (Phi) is 7.33. The number of carbonyl (C=O) groups excluding carboxylic acids is 1. The first-order valence-corrected chi connectivity index (χ1v) is 11.6. The molecule has 0 saturated heterocycles. The van der Waals surface area contributed by atoms with Gasteiger partial charge in [0.1, 0.15) is 5.75 Å². The van der Waals surface area contributed by atoms with Crippen LogP contribution in [0.5, 0.6) is 17.4 Å². The zero-order valence-electron chi connectivity index (χ0n) is 20.1. The Morgan fingerprint density at radius 3 is 2.62 bits per heavy atom. The smallest absolute Gasteiger partial charge is 0.390 e. The summed E-state index contributed by atoms with van der Waals surface area (Å²) in [4.78, 5) is 16.7. The molecule has 4 aromatic rings. The van der Waals surface area contributed by atoms with Crippen LogP contribution < -0.4 is 10.1 Å². The third-order valence-electron chi connectivity index (χ3n) is 5.60. The van der Waals surface area contributed by atoms with E-state index in [2.05, 4.69) is 15.4 Å². The highest BCUT2D eigenvalue weighted by atomic mass is 19.4. The number of aryl methyl sites for hydroxylation is 1. The summed E-state index contributed by atoms with van der Waals surface area (Å²) in [6, 6.07) is 9.89. The molecule has 0 atom stereocenters. The molecule has 0 amide bonds. The average molecular weight is 516 g/mol. The number of alkyl halides is 3. The number of halogens is 4. The van der Waals surface area contributed by atoms with E-state index in [1.54, 1.807) is 18.2 Å². The van der Waals surface area contributed by atoms with Crippen LogP contribution in [0.25, 0.3) is 16.9 Å². The summed E-state index contributed by atoms with van der Waals surface area (Å²) in [7, 11) is 0. The average Bonchev–Trinajstić information content (AvgIpc) is 3.24. The van der Waals surface area contributed by atoms with Gasteiger partial charge < -0.3 is 15.2 Å². The van der Waals surface area contributed by atoms with Gasteiger partial charge in [0.05, 0.1) is 24.0 Å². The number of Topliss-reactive ketones (excluding diaryl/α,β-unsaturated/α-hetero) is 1. The molecule has 0 saturated carbocycles. The first-order chi connectivity index (χ1) is 17.6. The van der Waals surface area contributed by atoms with Crippen LogP contribution in [0.1, 0.15) is 42.1 Å². The number of phenolic OH excluding ortho intramolecular Hbond substituents is 1. The Morgan fingerprint density at radius 1 is 1.16 bits per heavy atom. The van der Waals surface area contributed by atoms with Crippen LogP contribution in [0, 0.1) is 12.7 Å². The number of benzene rings is 2. The molecule has 0 aliphatic carbocycles. The van der Waals surface area contributed by atoms with Gasteiger partial charge in [-0.3, -0.25) is 4.79 Å². The summed E-state index contributed by atoms with van der Waals surface area (Å²) in [5, 5.41) is 16.5. The fraction of sp³-hybridized carbons (Fsp3) is 0.269. The van der Waals surface area contributed by atoms with Crippen molar-refractivity contribution in [3.8, 4) is 28.6 Å². The molecular weight excluding hydrogens is 492 g/mol. The molecule has 11 heteroatoms. The maximum Gasteiger partial charge on any atom is 0.390 e. The van der Waals surface area contributed by atoms with Crippen LogP contribution >= 0.6 is 0 Å². The number of carbonyl (C=O) groups is 1. The van der Waals surface area contributed by atoms with Crippen molar-refractivity contribution in [2.24, 2.45) is 0 Å². The van der Waals surface area contributed by atoms with E-state index in [1.807, 2.05) is 13.8 Å². The summed E-state index contributed by atoms with van der Waals surface area (Å²) in [6.45, 7) is 3.32. The van der Waals surface area contributed by atoms with Crippen molar-refractivity contribution in [2.75, 3.05) is 11.9 Å². The standard InChI is InChI=1S/C26H24F4N4O3/c1-3-4-22(36)18-7-5-16(11-15(18)2)21-14-32-25-20(31-10-9-26(28,29)30)13-24(33-34(21)25)37-23-8-6-17(35)12-19(23)27/h5-8,11-14,31,35H,3-4,9-10H2,1-2H3. The molecule has 4 rings (SSSR count). The maximum atomic E-state index is 14.3. The van der Waals surface area contributed by atoms with Crippen LogP contribution in [0.4, 0.5) is 23.2 Å². The molecule has 2 aromatic carbocycles. The van der Waals surface area contributed by atoms with Crippen molar-refractivity contribution in [1.82, 2.24) is 14.6 Å². The second kappa shape index (κ2) is 10.5. The number of nitrogens with one attached hydrogen (secondary N) is 1. The number of phenols is 1. The van der Waals surface area contributed by atoms with Crippen molar-refractivity contribution in [3.63, 3.8) is 0 Å². The highest BCUT2D eigenvalue weighted by molar-refractivity contribution is 5.97. The summed E-state index contributed by atoms with van der Waals surface area (Å²) >= 11 is 0. The lowest BCUT2D eigenvalue weighted by Gasteiger charge is -2.13. The van der Waals surface area contributed by atoms with Gasteiger partial charge in [0.15, 0.2) is 23.0 Å². The van der Waals surface area contributed by atoms with Gasteiger partial charge in [-0.25, -0.2) is 13.9 Å². The number of anilines is 1. The Hall–Kier alpha value is -4.15. The lowest BCUT2D eigenvalue weighted by Crippen LogP contribution is -2.15. The second-order valence-electron chi connectivity index (χ2n) is 8.49. The van der Waals surface area contributed by atoms with Gasteiger partial charge in [0.2, 0.25) is 5.88 Å². The number of aromatic nitrogens is 3. The maximum absolute atomic E-state index is 14.3. The number of rotatable bonds is 9. The Morgan fingerprint density at radius 2 is 1.95 bits per heavy atom. The van der Waals surface area contributed by atoms with Gasteiger partial charge in [-0.05, 0) is 37.1 Å². The summed E-state index contributed by atoms with van der Waals surface area (Å²) in [5.74, 6) is -1.46. The molecule has 0 aliphatic rings. The van der Waals surface area contributed by atoms with Gasteiger partial charge >= 0.3 is 6.18 Å². The molecular formula is C26H24F4N4O3. The predicted molar refractivity (Wildman–Crippen MR) is 130 cm³/mol. The number of ketones is 1. The molecule has 0 radical (unpaired) electrons. The number of ether oxygens (including phenoxy) is 1. The van der Waals surface area contributed by atoms with Gasteiger partial charge in [-0.1, -0.05) is 19.1 Å². The van der Waals surface area contributed by atoms with E-state index in [0.29, 0.717) is 23.2 Å². The fourth-order valence-corrected chi connectivity index (χ4v) is 3.84. The monoisotopic (exact) mass is 516 g/mol. The largest absolute Gasteiger partial charge is 0.508 e. The van der Waals surface area contributed by atoms with E-state index in [1.165, 1.54) is 28.9 Å². The normalized spacial score (nSPS) is 11.6. The number of hydrogen-bond donors (Lipinski definition) is 2. The Balaban J connectivity index is 1.76. The van der Waals surface area contributed by atoms with Crippen molar-refractivity contribution in [1.29, 1.82) is 0 Å². The lowest BCUT2D eigenvalue weighted by atomic mass is 9.98. The third kappa shape index (κ3) is 5.99. The topological polar surface area (TPSA) is 88.8 Å². The molecule has 0 unspecified atom stereocenters. The van der Waals surface area contributed by atoms with E-state index in [4.69, 9.17) is 4.74 Å². The minimum absolute atomic E-state index is 0.0329. The quantitative estimate of drug-likeness (QED) is 0.190. The molecule has 7 nitrogen and oxygen atoms in total. The van der Waals surface area contributed by atoms with Crippen molar-refractivity contribution in [3.05, 3.63) is 65.6 Å². The van der Waals surface area contributed by atoms with E-state index < -0.39 is 25.0 Å². The summed E-state index contributed by atoms with van der Waals surface area (Å²) in [6.07, 6.45) is -2.78. The first kappa shape index (κ1) is 25.9. The Labute approximate surface area is 209 Å². The van der Waals surface area contributed by atoms with Crippen LogP contribution in [0.15, 0.2) is 48.7 Å². The molecule has 0 aliphatic heterocycles. The van der Waals surface area contributed by atoms with Crippen LogP contribution in [-0.4, -0.2) is 38.2 Å². The number of imidazole rings is 1. The van der Waals surface area contributed by atoms with E-state index in [9.17, 15) is 27.5 Å². The van der Waals surface area contributed by atoms with Gasteiger partial charge in [0, 0.05) is 36.2 Å². The number of hydrogen-bond acceptors (Lipinski definition) is 6. The number of nitrogens with zero attached hydrogens (tertiary/aromatic N) is 3. The molecule has 0 bridgehead atoms. The van der Waals surface area contributed by atoms with Crippen molar-refractivity contribution < 1.29 is 32.2 Å². The minimum Gasteiger partial charge on any atom is -0.508 e. The molecule has 37 heavy (non-hydrogen) atoms. The van der Waals surface area contributed by atoms with E-state index in [-0.39, 0.29) is 34.5 Å². The zero-order chi connectivity index (χ0) is 26.7. The van der Waals surface area contributed by atoms with Crippen molar-refractivity contribution >= 4 is 17.1 Å². The summed E-state index contributed by atoms with van der Waals surface area (Å²) in [5.41, 5.74) is 2.95. The van der Waals surface area contributed by atoms with E-state index in [0.717, 1.165) is 18.1 Å². The van der Waals surface area contributed by atoms with Gasteiger partial charge in [0.25, 0.3) is 0 Å². The van der Waals surface area contributed by atoms with Crippen LogP contribution in [0.3, 0.4) is 0 Å². The third-order valence-corrected chi connectivity index (χ3v) is 5.60. The molecule has 2 aromatic heterocycles. The summed E-state index contributed by atoms with van der Waals surface area (Å²) < 4.78 is 59.4. The van der Waals surface area contributed by atoms with Crippen LogP contribution in [0.2, 0.25) is 0 Å². The van der Waals surface area contributed by atoms with Gasteiger partial charge in [-0.15, -0.1) is 5.10 Å². The molecule has 2 heterocycles. The van der Waals surface area contributed by atoms with Crippen LogP contribution in [-0.2, 0) is 0 Å². The van der Waals surface area contributed by atoms with Gasteiger partial charge in [-0.2, -0.15) is 13.2 Å². The highest BCUT2D eigenvalue weighted by Gasteiger charge is 2.26. The number of fused-ring (bicyclic) bond motifs is 1. The number of aromatic hydroxyl groups is 1. The predicted octanol–water partition coefficient (Wildman–Crippen LogP) is 6.69. The first-order valence-electron chi connectivity index (χ1n) is 11.6. The molecule has 2 N–H and O–H groups in total.